The maximum atomic E-state index is 13.2. The van der Waals surface area contributed by atoms with E-state index in [0.29, 0.717) is 56.1 Å². The molecule has 0 saturated heterocycles. The third-order valence-corrected chi connectivity index (χ3v) is 7.51. The summed E-state index contributed by atoms with van der Waals surface area (Å²) in [7, 11) is 0. The van der Waals surface area contributed by atoms with E-state index in [9.17, 15) is 19.2 Å². The molecule has 0 unspecified atom stereocenters. The molecule has 6 aromatic rings. The summed E-state index contributed by atoms with van der Waals surface area (Å²) in [5.74, 6) is -1.36. The number of nitrogens with one attached hydrogen (secondary N) is 4. The molecule has 0 aliphatic rings. The van der Waals surface area contributed by atoms with E-state index in [1.807, 2.05) is 24.3 Å². The molecular weight excluding hydrogens is 600 g/mol. The zero-order valence-electron chi connectivity index (χ0n) is 25.6. The van der Waals surface area contributed by atoms with E-state index in [2.05, 4.69) is 21.3 Å². The molecule has 8 heteroatoms. The van der Waals surface area contributed by atoms with Gasteiger partial charge in [-0.1, -0.05) is 84.9 Å². The van der Waals surface area contributed by atoms with Gasteiger partial charge in [0.1, 0.15) is 0 Å². The normalized spacial score (nSPS) is 10.4. The number of anilines is 4. The molecule has 8 nitrogen and oxygen atoms in total. The molecule has 0 aliphatic heterocycles. The Labute approximate surface area is 277 Å². The Balaban J connectivity index is 1.36. The van der Waals surface area contributed by atoms with Gasteiger partial charge < -0.3 is 21.3 Å². The molecule has 0 radical (unpaired) electrons. The van der Waals surface area contributed by atoms with Crippen molar-refractivity contribution >= 4 is 46.4 Å². The highest BCUT2D eigenvalue weighted by molar-refractivity contribution is 6.12. The van der Waals surface area contributed by atoms with Gasteiger partial charge in [-0.15, -0.1) is 0 Å². The number of rotatable bonds is 9. The molecule has 0 aliphatic carbocycles. The Morgan fingerprint density at radius 1 is 0.292 bits per heavy atom. The second-order valence-electron chi connectivity index (χ2n) is 10.8. The van der Waals surface area contributed by atoms with E-state index >= 15 is 0 Å². The lowest BCUT2D eigenvalue weighted by Gasteiger charge is -2.17. The molecule has 0 atom stereocenters. The minimum absolute atomic E-state index is 0.331. The Bertz CT molecular complexity index is 1930. The van der Waals surface area contributed by atoms with Gasteiger partial charge in [0.15, 0.2) is 0 Å². The molecule has 0 bridgehead atoms. The van der Waals surface area contributed by atoms with Gasteiger partial charge in [-0.25, -0.2) is 0 Å². The summed E-state index contributed by atoms with van der Waals surface area (Å²) < 4.78 is 0. The third-order valence-electron chi connectivity index (χ3n) is 7.51. The first-order chi connectivity index (χ1) is 23.4. The lowest BCUT2D eigenvalue weighted by molar-refractivity contribution is 0.101. The zero-order chi connectivity index (χ0) is 33.3. The van der Waals surface area contributed by atoms with Gasteiger partial charge in [0.2, 0.25) is 0 Å². The number of carbonyl (C=O) groups excluding carboxylic acids is 4. The van der Waals surface area contributed by atoms with Gasteiger partial charge in [0, 0.05) is 22.3 Å². The number of hydrogen-bond acceptors (Lipinski definition) is 4. The van der Waals surface area contributed by atoms with Crippen molar-refractivity contribution < 1.29 is 19.2 Å². The molecular formula is C40H30N4O4. The third kappa shape index (κ3) is 7.52. The van der Waals surface area contributed by atoms with Crippen molar-refractivity contribution in [3.05, 3.63) is 180 Å². The number of carbonyl (C=O) groups is 4. The average molecular weight is 631 g/mol. The smallest absolute Gasteiger partial charge is 0.255 e. The first-order valence-corrected chi connectivity index (χ1v) is 15.2. The lowest BCUT2D eigenvalue weighted by Crippen LogP contribution is -2.17. The molecule has 48 heavy (non-hydrogen) atoms. The monoisotopic (exact) mass is 630 g/mol. The van der Waals surface area contributed by atoms with Crippen molar-refractivity contribution in [3.8, 4) is 11.1 Å². The summed E-state index contributed by atoms with van der Waals surface area (Å²) in [6, 6.07) is 45.6. The van der Waals surface area contributed by atoms with Gasteiger partial charge in [-0.05, 0) is 83.9 Å². The van der Waals surface area contributed by atoms with Gasteiger partial charge in [0.05, 0.1) is 22.7 Å². The first-order valence-electron chi connectivity index (χ1n) is 15.2. The summed E-state index contributed by atoms with van der Waals surface area (Å²) in [4.78, 5) is 52.6. The van der Waals surface area contributed by atoms with Gasteiger partial charge in [-0.2, -0.15) is 0 Å². The second-order valence-corrected chi connectivity index (χ2v) is 10.8. The fourth-order valence-electron chi connectivity index (χ4n) is 5.01. The number of hydrogen-bond donors (Lipinski definition) is 4. The summed E-state index contributed by atoms with van der Waals surface area (Å²) >= 11 is 0. The molecule has 6 aromatic carbocycles. The van der Waals surface area contributed by atoms with Crippen LogP contribution in [0.2, 0.25) is 0 Å². The van der Waals surface area contributed by atoms with E-state index in [0.717, 1.165) is 0 Å². The predicted molar refractivity (Wildman–Crippen MR) is 189 cm³/mol. The molecule has 0 fully saturated rings. The summed E-state index contributed by atoms with van der Waals surface area (Å²) in [6.07, 6.45) is 0. The van der Waals surface area contributed by atoms with Crippen molar-refractivity contribution in [2.24, 2.45) is 0 Å². The molecule has 4 N–H and O–H groups in total. The van der Waals surface area contributed by atoms with Crippen molar-refractivity contribution in [1.82, 2.24) is 0 Å². The fraction of sp³-hybridized carbons (Fsp3) is 0. The standard InChI is InChI=1S/C40H30N4O4/c45-37(27-13-5-1-6-14-27)41-33-23-21-31(25-35(33)43-39(47)29-17-9-3-10-18-29)32-22-24-34(42-38(46)28-15-7-2-8-16-28)36(26-32)44-40(48)30-19-11-4-12-20-30/h1-26H,(H,41,45)(H,42,46)(H,43,47)(H,44,48). The van der Waals surface area contributed by atoms with Crippen LogP contribution in [0.25, 0.3) is 11.1 Å². The van der Waals surface area contributed by atoms with Crippen molar-refractivity contribution in [1.29, 1.82) is 0 Å². The second kappa shape index (κ2) is 14.5. The van der Waals surface area contributed by atoms with E-state index < -0.39 is 0 Å². The largest absolute Gasteiger partial charge is 0.320 e. The van der Waals surface area contributed by atoms with E-state index in [4.69, 9.17) is 0 Å². The van der Waals surface area contributed by atoms with Crippen molar-refractivity contribution in [2.45, 2.75) is 0 Å². The van der Waals surface area contributed by atoms with Gasteiger partial charge >= 0.3 is 0 Å². The predicted octanol–water partition coefficient (Wildman–Crippen LogP) is 8.36. The average Bonchev–Trinajstić information content (AvgIpc) is 3.14. The SMILES string of the molecule is O=C(Nc1ccc(-c2ccc(NC(=O)c3ccccc3)c(NC(=O)c3ccccc3)c2)cc1NC(=O)c1ccccc1)c1ccccc1. The van der Waals surface area contributed by atoms with Crippen LogP contribution in [0, 0.1) is 0 Å². The van der Waals surface area contributed by atoms with Crippen LogP contribution in [0.4, 0.5) is 22.7 Å². The number of amides is 4. The van der Waals surface area contributed by atoms with Crippen LogP contribution >= 0.6 is 0 Å². The van der Waals surface area contributed by atoms with Gasteiger partial charge in [-0.3, -0.25) is 19.2 Å². The number of benzene rings is 6. The van der Waals surface area contributed by atoms with Crippen LogP contribution in [0.1, 0.15) is 41.4 Å². The van der Waals surface area contributed by atoms with E-state index in [-0.39, 0.29) is 23.6 Å². The fourth-order valence-corrected chi connectivity index (χ4v) is 5.01. The molecule has 0 spiro atoms. The van der Waals surface area contributed by atoms with Crippen LogP contribution in [-0.2, 0) is 0 Å². The van der Waals surface area contributed by atoms with Crippen molar-refractivity contribution in [3.63, 3.8) is 0 Å². The lowest BCUT2D eigenvalue weighted by atomic mass is 10.0. The van der Waals surface area contributed by atoms with Crippen LogP contribution in [0.5, 0.6) is 0 Å². The summed E-state index contributed by atoms with van der Waals surface area (Å²) in [5, 5.41) is 11.7. The minimum atomic E-state index is -0.349. The van der Waals surface area contributed by atoms with Crippen molar-refractivity contribution in [2.75, 3.05) is 21.3 Å². The zero-order valence-corrected chi connectivity index (χ0v) is 25.6. The highest BCUT2D eigenvalue weighted by atomic mass is 16.2. The molecule has 0 aromatic heterocycles. The maximum absolute atomic E-state index is 13.2. The minimum Gasteiger partial charge on any atom is -0.320 e. The highest BCUT2D eigenvalue weighted by Gasteiger charge is 2.17. The maximum Gasteiger partial charge on any atom is 0.255 e. The Morgan fingerprint density at radius 2 is 0.542 bits per heavy atom. The molecule has 4 amide bonds. The molecule has 6 rings (SSSR count). The Morgan fingerprint density at radius 3 is 0.812 bits per heavy atom. The van der Waals surface area contributed by atoms with Crippen LogP contribution in [0.3, 0.4) is 0 Å². The quantitative estimate of drug-likeness (QED) is 0.128. The molecule has 234 valence electrons. The highest BCUT2D eigenvalue weighted by Crippen LogP contribution is 2.34. The van der Waals surface area contributed by atoms with Crippen LogP contribution in [-0.4, -0.2) is 23.6 Å². The van der Waals surface area contributed by atoms with E-state index in [1.165, 1.54) is 0 Å². The molecule has 0 saturated carbocycles. The van der Waals surface area contributed by atoms with Crippen LogP contribution in [0.15, 0.2) is 158 Å². The van der Waals surface area contributed by atoms with Crippen LogP contribution < -0.4 is 21.3 Å². The first kappa shape index (κ1) is 31.2. The Hall–Kier alpha value is -6.80. The van der Waals surface area contributed by atoms with E-state index in [1.54, 1.807) is 133 Å². The summed E-state index contributed by atoms with van der Waals surface area (Å²) in [5.41, 5.74) is 4.77. The topological polar surface area (TPSA) is 116 Å². The molecule has 0 heterocycles. The summed E-state index contributed by atoms with van der Waals surface area (Å²) in [6.45, 7) is 0. The van der Waals surface area contributed by atoms with Gasteiger partial charge in [0.25, 0.3) is 23.6 Å². The Kier molecular flexibility index (Phi) is 9.44.